The quantitative estimate of drug-likeness (QED) is 0.496. The lowest BCUT2D eigenvalue weighted by Gasteiger charge is -2.13. The number of rotatable bonds is 6. The van der Waals surface area contributed by atoms with E-state index in [2.05, 4.69) is 5.32 Å². The number of nitrogen functional groups attached to an aromatic ring is 1. The van der Waals surface area contributed by atoms with Crippen LogP contribution in [0.15, 0.2) is 54.6 Å². The number of ether oxygens (including phenoxy) is 1. The topological polar surface area (TPSA) is 84.6 Å². The van der Waals surface area contributed by atoms with Gasteiger partial charge in [0.2, 0.25) is 0 Å². The van der Waals surface area contributed by atoms with Crippen LogP contribution in [-0.2, 0) is 11.2 Å². The number of aromatic hydroxyl groups is 1. The standard InChI is InChI=1S/C22H20Cl2N2O3/c1-26-22(28)12-29-16-10-19(23)18(20(24)11-16)9-13-2-7-21(27)17(8-13)14-3-5-15(25)6-4-14/h2-8,10-11,27H,9,12,25H2,1H3,(H,26,28). The first-order valence-electron chi connectivity index (χ1n) is 8.86. The number of carbonyl (C=O) groups is 1. The van der Waals surface area contributed by atoms with Crippen molar-refractivity contribution in [2.45, 2.75) is 6.42 Å². The molecule has 0 aliphatic rings. The molecule has 150 valence electrons. The summed E-state index contributed by atoms with van der Waals surface area (Å²) in [6, 6.07) is 15.9. The predicted octanol–water partition coefficient (Wildman–Crippen LogP) is 4.66. The van der Waals surface area contributed by atoms with Gasteiger partial charge in [0.15, 0.2) is 6.61 Å². The third-order valence-electron chi connectivity index (χ3n) is 4.43. The van der Waals surface area contributed by atoms with Gasteiger partial charge in [-0.2, -0.15) is 0 Å². The zero-order valence-corrected chi connectivity index (χ0v) is 17.2. The molecule has 5 nitrogen and oxygen atoms in total. The van der Waals surface area contributed by atoms with Crippen LogP contribution < -0.4 is 15.8 Å². The van der Waals surface area contributed by atoms with E-state index in [0.717, 1.165) is 16.7 Å². The number of hydrogen-bond donors (Lipinski definition) is 3. The average Bonchev–Trinajstić information content (AvgIpc) is 2.70. The van der Waals surface area contributed by atoms with E-state index < -0.39 is 0 Å². The highest BCUT2D eigenvalue weighted by Gasteiger charge is 2.13. The number of nitrogens with two attached hydrogens (primary N) is 1. The zero-order chi connectivity index (χ0) is 21.0. The molecule has 0 unspecified atom stereocenters. The maximum atomic E-state index is 11.3. The van der Waals surface area contributed by atoms with Crippen molar-refractivity contribution in [3.63, 3.8) is 0 Å². The second-order valence-corrected chi connectivity index (χ2v) is 7.29. The van der Waals surface area contributed by atoms with Gasteiger partial charge in [-0.1, -0.05) is 41.4 Å². The summed E-state index contributed by atoms with van der Waals surface area (Å²) in [4.78, 5) is 11.3. The van der Waals surface area contributed by atoms with Gasteiger partial charge in [0, 0.05) is 34.8 Å². The highest BCUT2D eigenvalue weighted by Crippen LogP contribution is 2.35. The monoisotopic (exact) mass is 430 g/mol. The molecule has 4 N–H and O–H groups in total. The molecule has 0 saturated carbocycles. The number of benzene rings is 3. The summed E-state index contributed by atoms with van der Waals surface area (Å²) >= 11 is 12.8. The van der Waals surface area contributed by atoms with E-state index in [0.29, 0.717) is 33.5 Å². The van der Waals surface area contributed by atoms with Crippen molar-refractivity contribution in [3.05, 3.63) is 75.8 Å². The molecule has 0 aliphatic carbocycles. The summed E-state index contributed by atoms with van der Waals surface area (Å²) in [5, 5.41) is 13.6. The number of likely N-dealkylation sites (N-methyl/N-ethyl adjacent to an activating group) is 1. The Balaban J connectivity index is 1.85. The minimum Gasteiger partial charge on any atom is -0.507 e. The summed E-state index contributed by atoms with van der Waals surface area (Å²) < 4.78 is 5.40. The number of nitrogens with one attached hydrogen (secondary N) is 1. The lowest BCUT2D eigenvalue weighted by molar-refractivity contribution is -0.122. The second-order valence-electron chi connectivity index (χ2n) is 6.48. The molecular weight excluding hydrogens is 411 g/mol. The van der Waals surface area contributed by atoms with Crippen LogP contribution in [0.1, 0.15) is 11.1 Å². The van der Waals surface area contributed by atoms with Gasteiger partial charge in [0.25, 0.3) is 5.91 Å². The van der Waals surface area contributed by atoms with Gasteiger partial charge in [-0.3, -0.25) is 4.79 Å². The van der Waals surface area contributed by atoms with Crippen LogP contribution in [0.4, 0.5) is 5.69 Å². The molecule has 0 fully saturated rings. The number of hydrogen-bond acceptors (Lipinski definition) is 4. The van der Waals surface area contributed by atoms with Crippen LogP contribution in [-0.4, -0.2) is 24.7 Å². The number of carbonyl (C=O) groups excluding carboxylic acids is 1. The largest absolute Gasteiger partial charge is 0.507 e. The van der Waals surface area contributed by atoms with E-state index in [1.807, 2.05) is 24.3 Å². The number of halogens is 2. The zero-order valence-electron chi connectivity index (χ0n) is 15.7. The summed E-state index contributed by atoms with van der Waals surface area (Å²) in [6.07, 6.45) is 0.468. The van der Waals surface area contributed by atoms with Crippen molar-refractivity contribution < 1.29 is 14.6 Å². The molecule has 3 aromatic carbocycles. The fourth-order valence-corrected chi connectivity index (χ4v) is 3.44. The van der Waals surface area contributed by atoms with Gasteiger partial charge >= 0.3 is 0 Å². The Kier molecular flexibility index (Phi) is 6.52. The lowest BCUT2D eigenvalue weighted by atomic mass is 9.98. The summed E-state index contributed by atoms with van der Waals surface area (Å²) in [7, 11) is 1.53. The maximum Gasteiger partial charge on any atom is 0.257 e. The molecule has 0 saturated heterocycles. The number of phenolic OH excluding ortho intramolecular Hbond substituents is 1. The normalized spacial score (nSPS) is 10.6. The third-order valence-corrected chi connectivity index (χ3v) is 5.10. The van der Waals surface area contributed by atoms with Gasteiger partial charge in [0.1, 0.15) is 11.5 Å². The minimum atomic E-state index is -0.249. The Labute approximate surface area is 179 Å². The summed E-state index contributed by atoms with van der Waals surface area (Å²) in [6.45, 7) is -0.120. The number of phenols is 1. The first kappa shape index (κ1) is 20.8. The smallest absolute Gasteiger partial charge is 0.257 e. The number of anilines is 1. The van der Waals surface area contributed by atoms with Crippen LogP contribution >= 0.6 is 23.2 Å². The Morgan fingerprint density at radius 3 is 2.34 bits per heavy atom. The third kappa shape index (κ3) is 5.13. The molecule has 0 bridgehead atoms. The van der Waals surface area contributed by atoms with E-state index >= 15 is 0 Å². The highest BCUT2D eigenvalue weighted by molar-refractivity contribution is 6.36. The molecule has 0 radical (unpaired) electrons. The Bertz CT molecular complexity index is 1010. The van der Waals surface area contributed by atoms with Crippen LogP contribution in [0.25, 0.3) is 11.1 Å². The Morgan fingerprint density at radius 1 is 1.07 bits per heavy atom. The van der Waals surface area contributed by atoms with E-state index in [9.17, 15) is 9.90 Å². The molecule has 0 aliphatic heterocycles. The molecule has 0 atom stereocenters. The van der Waals surface area contributed by atoms with Gasteiger partial charge in [-0.25, -0.2) is 0 Å². The van der Waals surface area contributed by atoms with Crippen molar-refractivity contribution in [2.75, 3.05) is 19.4 Å². The van der Waals surface area contributed by atoms with Crippen molar-refractivity contribution >= 4 is 34.8 Å². The van der Waals surface area contributed by atoms with Crippen molar-refractivity contribution in [1.82, 2.24) is 5.32 Å². The SMILES string of the molecule is CNC(=O)COc1cc(Cl)c(Cc2ccc(O)c(-c3ccc(N)cc3)c2)c(Cl)c1. The Hall–Kier alpha value is -2.89. The van der Waals surface area contributed by atoms with Crippen molar-refractivity contribution in [1.29, 1.82) is 0 Å². The van der Waals surface area contributed by atoms with E-state index in [-0.39, 0.29) is 18.3 Å². The molecule has 0 spiro atoms. The summed E-state index contributed by atoms with van der Waals surface area (Å²) in [5.41, 5.74) is 9.61. The van der Waals surface area contributed by atoms with Gasteiger partial charge in [-0.15, -0.1) is 0 Å². The van der Waals surface area contributed by atoms with Crippen LogP contribution in [0.2, 0.25) is 10.0 Å². The molecule has 0 heterocycles. The molecular formula is C22H20Cl2N2O3. The van der Waals surface area contributed by atoms with Crippen LogP contribution in [0, 0.1) is 0 Å². The lowest BCUT2D eigenvalue weighted by Crippen LogP contribution is -2.24. The first-order valence-corrected chi connectivity index (χ1v) is 9.62. The van der Waals surface area contributed by atoms with E-state index in [4.69, 9.17) is 33.7 Å². The molecule has 1 amide bonds. The van der Waals surface area contributed by atoms with E-state index in [1.165, 1.54) is 7.05 Å². The highest BCUT2D eigenvalue weighted by atomic mass is 35.5. The summed E-state index contributed by atoms with van der Waals surface area (Å²) in [5.74, 6) is 0.342. The fraction of sp³-hybridized carbons (Fsp3) is 0.136. The fourth-order valence-electron chi connectivity index (χ4n) is 2.84. The predicted molar refractivity (Wildman–Crippen MR) is 117 cm³/mol. The van der Waals surface area contributed by atoms with Gasteiger partial charge < -0.3 is 20.9 Å². The van der Waals surface area contributed by atoms with Gasteiger partial charge in [-0.05, 0) is 53.1 Å². The average molecular weight is 431 g/mol. The van der Waals surface area contributed by atoms with Crippen molar-refractivity contribution in [3.8, 4) is 22.6 Å². The Morgan fingerprint density at radius 2 is 1.72 bits per heavy atom. The molecule has 29 heavy (non-hydrogen) atoms. The first-order chi connectivity index (χ1) is 13.9. The van der Waals surface area contributed by atoms with Crippen molar-refractivity contribution in [2.24, 2.45) is 0 Å². The second kappa shape index (κ2) is 9.07. The van der Waals surface area contributed by atoms with Crippen LogP contribution in [0.5, 0.6) is 11.5 Å². The maximum absolute atomic E-state index is 11.3. The van der Waals surface area contributed by atoms with Crippen LogP contribution in [0.3, 0.4) is 0 Å². The number of amides is 1. The molecule has 0 aromatic heterocycles. The van der Waals surface area contributed by atoms with E-state index in [1.54, 1.807) is 30.3 Å². The molecule has 7 heteroatoms. The van der Waals surface area contributed by atoms with Gasteiger partial charge in [0.05, 0.1) is 0 Å². The molecule has 3 aromatic rings. The molecule has 3 rings (SSSR count). The minimum absolute atomic E-state index is 0.120.